The maximum absolute atomic E-state index is 11.5. The van der Waals surface area contributed by atoms with E-state index >= 15 is 0 Å². The first-order chi connectivity index (χ1) is 11.1. The summed E-state index contributed by atoms with van der Waals surface area (Å²) in [6.45, 7) is 0. The Kier molecular flexibility index (Phi) is 13.8. The van der Waals surface area contributed by atoms with Gasteiger partial charge in [0.1, 0.15) is 0 Å². The van der Waals surface area contributed by atoms with Crippen LogP contribution < -0.4 is 68.9 Å². The fourth-order valence-electron chi connectivity index (χ4n) is 1.26. The fourth-order valence-corrected chi connectivity index (χ4v) is 2.00. The predicted molar refractivity (Wildman–Crippen MR) is 76.2 cm³/mol. The Morgan fingerprint density at radius 2 is 1.38 bits per heavy atom. The Morgan fingerprint density at radius 3 is 1.85 bits per heavy atom. The van der Waals surface area contributed by atoms with Gasteiger partial charge in [-0.05, 0) is 23.8 Å². The molecule has 0 radical (unpaired) electrons. The topological polar surface area (TPSA) is 151 Å². The van der Waals surface area contributed by atoms with E-state index in [1.165, 1.54) is 30.3 Å². The Labute approximate surface area is 193 Å². The van der Waals surface area contributed by atoms with Gasteiger partial charge >= 0.3 is 86.7 Å². The van der Waals surface area contributed by atoms with Crippen LogP contribution in [0.5, 0.6) is 0 Å². The quantitative estimate of drug-likeness (QED) is 0.236. The van der Waals surface area contributed by atoms with Crippen LogP contribution in [0.25, 0.3) is 6.08 Å². The summed E-state index contributed by atoms with van der Waals surface area (Å²) in [5.74, 6) is -2.32. The molecule has 1 aromatic carbocycles. The van der Waals surface area contributed by atoms with Crippen molar-refractivity contribution in [3.63, 3.8) is 0 Å². The maximum Gasteiger partial charge on any atom is 1.00 e. The second kappa shape index (κ2) is 12.6. The molecule has 1 rings (SSSR count). The second-order valence-corrected chi connectivity index (χ2v) is 6.89. The molecule has 1 aromatic rings. The third-order valence-corrected chi connectivity index (χ3v) is 4.09. The van der Waals surface area contributed by atoms with E-state index in [-0.39, 0.29) is 64.7 Å². The van der Waals surface area contributed by atoms with Gasteiger partial charge in [0.15, 0.2) is 0 Å². The van der Waals surface area contributed by atoms with Crippen molar-refractivity contribution in [2.75, 3.05) is 14.2 Å². The molecule has 0 fully saturated rings. The number of phosphoric acid groups is 2. The van der Waals surface area contributed by atoms with Gasteiger partial charge in [-0.15, -0.1) is 0 Å². The molecule has 0 heterocycles. The van der Waals surface area contributed by atoms with E-state index in [4.69, 9.17) is 0 Å². The van der Waals surface area contributed by atoms with Crippen molar-refractivity contribution in [3.05, 3.63) is 41.5 Å². The molecule has 0 bridgehead atoms. The first kappa shape index (κ1) is 28.4. The first-order valence-electron chi connectivity index (χ1n) is 6.08. The fraction of sp³-hybridized carbons (Fsp3) is 0.167. The molecule has 2 atom stereocenters. The summed E-state index contributed by atoms with van der Waals surface area (Å²) in [6, 6.07) is 5.18. The van der Waals surface area contributed by atoms with Gasteiger partial charge < -0.3 is 27.9 Å². The standard InChI is InChI=1S/C12H14O10P2.2Na/c1-19-23(15,16)21-11(13)8-5-9-3-6-10(7-4-9)12(14)22-24(17,18)20-2;;/h3-8H,1-2H3,(H,15,16)(H,17,18);;/q;2*+1/p-2/b8-5+;;. The number of carbonyl (C=O) groups is 2. The van der Waals surface area contributed by atoms with E-state index in [0.717, 1.165) is 20.3 Å². The third kappa shape index (κ3) is 10.5. The largest absolute Gasteiger partial charge is 1.00 e. The van der Waals surface area contributed by atoms with Crippen LogP contribution in [-0.4, -0.2) is 26.2 Å². The molecule has 14 heteroatoms. The number of benzene rings is 1. The first-order valence-corrected chi connectivity index (χ1v) is 9.00. The van der Waals surface area contributed by atoms with E-state index in [9.17, 15) is 28.5 Å². The van der Waals surface area contributed by atoms with Crippen LogP contribution in [0.1, 0.15) is 15.9 Å². The van der Waals surface area contributed by atoms with Gasteiger partial charge in [-0.3, -0.25) is 9.13 Å². The van der Waals surface area contributed by atoms with Crippen LogP contribution in [0.4, 0.5) is 0 Å². The smallest absolute Gasteiger partial charge is 0.746 e. The van der Waals surface area contributed by atoms with Crippen molar-refractivity contribution >= 4 is 33.7 Å². The zero-order chi connectivity index (χ0) is 18.4. The van der Waals surface area contributed by atoms with Gasteiger partial charge in [0.25, 0.3) is 0 Å². The molecule has 0 N–H and O–H groups in total. The zero-order valence-electron chi connectivity index (χ0n) is 14.4. The minimum absolute atomic E-state index is 0. The summed E-state index contributed by atoms with van der Waals surface area (Å²) in [6.07, 6.45) is 2.04. The van der Waals surface area contributed by atoms with E-state index in [2.05, 4.69) is 18.1 Å². The Balaban J connectivity index is 0. The van der Waals surface area contributed by atoms with E-state index < -0.39 is 27.6 Å². The Bertz CT molecular complexity index is 734. The molecule has 0 amide bonds. The second-order valence-electron chi connectivity index (χ2n) is 4.00. The van der Waals surface area contributed by atoms with Gasteiger partial charge in [0.2, 0.25) is 0 Å². The number of hydrogen-bond donors (Lipinski definition) is 0. The van der Waals surface area contributed by atoms with Crippen LogP contribution in [0.3, 0.4) is 0 Å². The number of rotatable bonds is 7. The minimum Gasteiger partial charge on any atom is -0.746 e. The van der Waals surface area contributed by atoms with Crippen molar-refractivity contribution in [2.45, 2.75) is 0 Å². The van der Waals surface area contributed by atoms with Crippen LogP contribution in [0.2, 0.25) is 0 Å². The van der Waals surface area contributed by atoms with Crippen LogP contribution >= 0.6 is 15.6 Å². The predicted octanol–water partition coefficient (Wildman–Crippen LogP) is -5.36. The third-order valence-electron chi connectivity index (χ3n) is 2.40. The molecule has 132 valence electrons. The monoisotopic (exact) mass is 424 g/mol. The van der Waals surface area contributed by atoms with Gasteiger partial charge in [-0.1, -0.05) is 12.1 Å². The van der Waals surface area contributed by atoms with Crippen LogP contribution in [0.15, 0.2) is 30.3 Å². The average Bonchev–Trinajstić information content (AvgIpc) is 2.52. The molecular formula is C12H12Na2O10P2. The maximum atomic E-state index is 11.5. The van der Waals surface area contributed by atoms with Gasteiger partial charge in [0, 0.05) is 20.3 Å². The van der Waals surface area contributed by atoms with Crippen molar-refractivity contribution in [2.24, 2.45) is 0 Å². The molecule has 0 aliphatic carbocycles. The van der Waals surface area contributed by atoms with E-state index in [1.807, 2.05) is 0 Å². The molecule has 0 saturated heterocycles. The summed E-state index contributed by atoms with van der Waals surface area (Å²) in [7, 11) is -7.69. The number of hydrogen-bond acceptors (Lipinski definition) is 10. The molecule has 0 aromatic heterocycles. The van der Waals surface area contributed by atoms with E-state index in [0.29, 0.717) is 5.56 Å². The summed E-state index contributed by atoms with van der Waals surface area (Å²) >= 11 is 0. The van der Waals surface area contributed by atoms with Crippen molar-refractivity contribution < 1.29 is 106 Å². The Morgan fingerprint density at radius 1 is 0.923 bits per heavy atom. The van der Waals surface area contributed by atoms with E-state index in [1.54, 1.807) is 0 Å². The molecule has 0 spiro atoms. The van der Waals surface area contributed by atoms with Gasteiger partial charge in [-0.2, -0.15) is 0 Å². The van der Waals surface area contributed by atoms with Crippen molar-refractivity contribution in [1.29, 1.82) is 0 Å². The van der Waals surface area contributed by atoms with Crippen LogP contribution in [0, 0.1) is 0 Å². The molecule has 0 aliphatic rings. The molecule has 26 heavy (non-hydrogen) atoms. The normalized spacial score (nSPS) is 14.9. The van der Waals surface area contributed by atoms with Crippen molar-refractivity contribution in [1.82, 2.24) is 0 Å². The van der Waals surface area contributed by atoms with Crippen molar-refractivity contribution in [3.8, 4) is 0 Å². The molecule has 2 unspecified atom stereocenters. The number of phosphoric ester groups is 2. The SMILES string of the molecule is COP(=O)([O-])OC(=O)/C=C/c1ccc(C(=O)OP(=O)([O-])OC)cc1.[Na+].[Na+]. The number of carbonyl (C=O) groups excluding carboxylic acids is 2. The zero-order valence-corrected chi connectivity index (χ0v) is 20.2. The summed E-state index contributed by atoms with van der Waals surface area (Å²) < 4.78 is 38.1. The summed E-state index contributed by atoms with van der Waals surface area (Å²) in [5.41, 5.74) is 0.324. The molecule has 10 nitrogen and oxygen atoms in total. The molecule has 0 aliphatic heterocycles. The summed E-state index contributed by atoms with van der Waals surface area (Å²) in [4.78, 5) is 44.7. The van der Waals surface area contributed by atoms with Gasteiger partial charge in [-0.25, -0.2) is 9.59 Å². The minimum atomic E-state index is -4.70. The Hall–Kier alpha value is 0.200. The molecular weight excluding hydrogens is 412 g/mol. The average molecular weight is 424 g/mol. The molecule has 0 saturated carbocycles. The van der Waals surface area contributed by atoms with Gasteiger partial charge in [0.05, 0.1) is 5.56 Å². The summed E-state index contributed by atoms with van der Waals surface area (Å²) in [5, 5.41) is 0. The van der Waals surface area contributed by atoms with Crippen LogP contribution in [-0.2, 0) is 32.0 Å².